The topological polar surface area (TPSA) is 286 Å². The van der Waals surface area contributed by atoms with Crippen LogP contribution in [0.5, 0.6) is 5.75 Å². The number of hydrogen-bond donors (Lipinski definition) is 9. The van der Waals surface area contributed by atoms with Crippen molar-refractivity contribution in [2.75, 3.05) is 25.0 Å². The standard InChI is InChI=1S/C40H52N4O14/c1-40(2,38(52)53)20-25(41)18-23-10-13-26(14-11-23)44-39(54)56-21-24-12-15-29(57-37-33(48)31(46)32(47)34(58-37)36(50)51)28(19-24)35(49)43-17-16-42-30(45)22-55-27-8-6-4-3-5-7-9-27/h10-15,19,25,27,31-34,37,46-48H,3-6,8,16-18,20-22,41H2,1-2H3,(H,42,45)(H,43,49)(H,44,54)(H,50,51)(H,52,53)/t25-,27?,31?,32?,33?,34?,37?/m0/s1. The fourth-order valence-electron chi connectivity index (χ4n) is 6.17. The van der Waals surface area contributed by atoms with Crippen LogP contribution >= 0.6 is 0 Å². The van der Waals surface area contributed by atoms with Gasteiger partial charge < -0.3 is 60.8 Å². The molecule has 7 atom stereocenters. The smallest absolute Gasteiger partial charge is 0.411 e. The van der Waals surface area contributed by atoms with E-state index in [1.165, 1.54) is 18.2 Å². The van der Waals surface area contributed by atoms with Crippen LogP contribution in [0.4, 0.5) is 10.5 Å². The molecule has 0 saturated carbocycles. The van der Waals surface area contributed by atoms with E-state index in [2.05, 4.69) is 27.8 Å². The molecule has 3 amide bonds. The number of amides is 3. The Morgan fingerprint density at radius 1 is 0.931 bits per heavy atom. The van der Waals surface area contributed by atoms with Crippen LogP contribution in [0.3, 0.4) is 0 Å². The molecule has 58 heavy (non-hydrogen) atoms. The molecule has 0 radical (unpaired) electrons. The third-order valence-electron chi connectivity index (χ3n) is 9.44. The third-order valence-corrected chi connectivity index (χ3v) is 9.44. The first kappa shape index (κ1) is 45.4. The minimum atomic E-state index is -1.97. The highest BCUT2D eigenvalue weighted by atomic mass is 16.7. The zero-order valence-corrected chi connectivity index (χ0v) is 32.3. The summed E-state index contributed by atoms with van der Waals surface area (Å²) in [5.74, 6) is 2.15. The Labute approximate surface area is 335 Å². The molecule has 2 aliphatic rings. The van der Waals surface area contributed by atoms with E-state index in [1.807, 2.05) is 0 Å². The van der Waals surface area contributed by atoms with Crippen LogP contribution in [0.15, 0.2) is 42.5 Å². The summed E-state index contributed by atoms with van der Waals surface area (Å²) in [4.78, 5) is 61.6. The van der Waals surface area contributed by atoms with E-state index in [0.717, 1.165) is 37.7 Å². The molecule has 18 heteroatoms. The van der Waals surface area contributed by atoms with Gasteiger partial charge in [0.05, 0.1) is 11.0 Å². The lowest BCUT2D eigenvalue weighted by Gasteiger charge is -2.38. The second-order valence-corrected chi connectivity index (χ2v) is 14.8. The summed E-state index contributed by atoms with van der Waals surface area (Å²) in [5, 5.41) is 57.5. The normalized spacial score (nSPS) is 22.4. The van der Waals surface area contributed by atoms with E-state index < -0.39 is 72.0 Å². The number of carbonyl (C=O) groups is 5. The average Bonchev–Trinajstić information content (AvgIpc) is 3.16. The van der Waals surface area contributed by atoms with Crippen LogP contribution < -0.4 is 26.4 Å². The summed E-state index contributed by atoms with van der Waals surface area (Å²) in [7, 11) is 0. The number of benzene rings is 2. The number of carbonyl (C=O) groups excluding carboxylic acids is 3. The molecule has 316 valence electrons. The first-order chi connectivity index (χ1) is 27.5. The van der Waals surface area contributed by atoms with Crippen LogP contribution in [-0.4, -0.2) is 118 Å². The van der Waals surface area contributed by atoms with Crippen molar-refractivity contribution in [3.05, 3.63) is 59.2 Å². The number of rotatable bonds is 18. The Kier molecular flexibility index (Phi) is 16.8. The van der Waals surface area contributed by atoms with E-state index in [4.69, 9.17) is 24.7 Å². The Morgan fingerprint density at radius 2 is 1.64 bits per heavy atom. The molecule has 18 nitrogen and oxygen atoms in total. The van der Waals surface area contributed by atoms with Crippen LogP contribution in [0.2, 0.25) is 0 Å². The monoisotopic (exact) mass is 812 g/mol. The molecule has 0 bridgehead atoms. The Bertz CT molecular complexity index is 1810. The molecule has 1 aliphatic carbocycles. The molecule has 2 aromatic rings. The predicted molar refractivity (Wildman–Crippen MR) is 205 cm³/mol. The van der Waals surface area contributed by atoms with Gasteiger partial charge in [-0.05, 0) is 81.3 Å². The van der Waals surface area contributed by atoms with Crippen molar-refractivity contribution in [3.63, 3.8) is 0 Å². The first-order valence-corrected chi connectivity index (χ1v) is 18.9. The predicted octanol–water partition coefficient (Wildman–Crippen LogP) is 1.28. The average molecular weight is 813 g/mol. The number of aliphatic hydroxyl groups is 3. The maximum atomic E-state index is 13.5. The third kappa shape index (κ3) is 13.7. The number of ether oxygens (including phenoxy) is 4. The molecule has 1 aliphatic heterocycles. The number of nitrogens with one attached hydrogen (secondary N) is 3. The Balaban J connectivity index is 1.37. The minimum absolute atomic E-state index is 0.0228. The molecule has 1 saturated heterocycles. The molecule has 10 N–H and O–H groups in total. The van der Waals surface area contributed by atoms with Crippen molar-refractivity contribution in [1.82, 2.24) is 10.6 Å². The van der Waals surface area contributed by atoms with Crippen LogP contribution in [0, 0.1) is 17.3 Å². The summed E-state index contributed by atoms with van der Waals surface area (Å²) in [6.07, 6.45) is -5.51. The van der Waals surface area contributed by atoms with Gasteiger partial charge in [-0.2, -0.15) is 0 Å². The summed E-state index contributed by atoms with van der Waals surface area (Å²) in [6.45, 7) is 2.66. The van der Waals surface area contributed by atoms with Crippen molar-refractivity contribution < 1.29 is 68.5 Å². The van der Waals surface area contributed by atoms with E-state index in [-0.39, 0.29) is 50.1 Å². The Morgan fingerprint density at radius 3 is 2.34 bits per heavy atom. The number of hydrogen-bond acceptors (Lipinski definition) is 13. The van der Waals surface area contributed by atoms with Crippen molar-refractivity contribution in [2.45, 2.75) is 108 Å². The quantitative estimate of drug-likeness (QED) is 0.0757. The van der Waals surface area contributed by atoms with Gasteiger partial charge in [0, 0.05) is 31.2 Å². The minimum Gasteiger partial charge on any atom is -0.481 e. The van der Waals surface area contributed by atoms with Gasteiger partial charge in [0.25, 0.3) is 5.91 Å². The lowest BCUT2D eigenvalue weighted by molar-refractivity contribution is -0.271. The number of carboxylic acids is 2. The number of carboxylic acid groups (broad SMARTS) is 2. The summed E-state index contributed by atoms with van der Waals surface area (Å²) < 4.78 is 21.9. The molecule has 0 spiro atoms. The number of aliphatic hydroxyl groups excluding tert-OH is 3. The van der Waals surface area contributed by atoms with E-state index in [0.29, 0.717) is 17.7 Å². The molecule has 1 fully saturated rings. The number of nitrogens with two attached hydrogens (primary N) is 1. The van der Waals surface area contributed by atoms with Crippen LogP contribution in [0.1, 0.15) is 73.9 Å². The fourth-order valence-corrected chi connectivity index (χ4v) is 6.17. The number of aliphatic carboxylic acids is 2. The first-order valence-electron chi connectivity index (χ1n) is 18.9. The van der Waals surface area contributed by atoms with Gasteiger partial charge in [-0.1, -0.05) is 30.5 Å². The van der Waals surface area contributed by atoms with Crippen molar-refractivity contribution >= 4 is 35.5 Å². The second kappa shape index (κ2) is 21.5. The molecular formula is C40H52N4O14. The van der Waals surface area contributed by atoms with E-state index in [9.17, 15) is 49.5 Å². The lowest BCUT2D eigenvalue weighted by atomic mass is 9.84. The van der Waals surface area contributed by atoms with Crippen molar-refractivity contribution in [2.24, 2.45) is 11.1 Å². The van der Waals surface area contributed by atoms with Crippen LogP contribution in [0.25, 0.3) is 0 Å². The summed E-state index contributed by atoms with van der Waals surface area (Å²) in [6, 6.07) is 10.4. The maximum Gasteiger partial charge on any atom is 0.411 e. The summed E-state index contributed by atoms with van der Waals surface area (Å²) >= 11 is 0. The molecular weight excluding hydrogens is 760 g/mol. The van der Waals surface area contributed by atoms with Gasteiger partial charge in [-0.15, -0.1) is 5.92 Å². The van der Waals surface area contributed by atoms with Gasteiger partial charge in [0.15, 0.2) is 6.10 Å². The molecule has 4 rings (SSSR count). The van der Waals surface area contributed by atoms with Gasteiger partial charge in [0.1, 0.15) is 43.4 Å². The van der Waals surface area contributed by atoms with Crippen LogP contribution in [-0.2, 0) is 41.6 Å². The second-order valence-electron chi connectivity index (χ2n) is 14.8. The lowest BCUT2D eigenvalue weighted by Crippen LogP contribution is -2.61. The fraction of sp³-hybridized carbons (Fsp3) is 0.525. The highest BCUT2D eigenvalue weighted by Gasteiger charge is 2.48. The molecule has 2 aromatic carbocycles. The highest BCUT2D eigenvalue weighted by molar-refractivity contribution is 5.97. The van der Waals surface area contributed by atoms with Gasteiger partial charge >= 0.3 is 18.0 Å². The molecule has 6 unspecified atom stereocenters. The Hall–Kier alpha value is -5.29. The zero-order valence-electron chi connectivity index (χ0n) is 32.3. The molecule has 1 heterocycles. The van der Waals surface area contributed by atoms with E-state index >= 15 is 0 Å². The number of anilines is 1. The van der Waals surface area contributed by atoms with Crippen molar-refractivity contribution in [1.29, 1.82) is 0 Å². The van der Waals surface area contributed by atoms with Gasteiger partial charge in [0.2, 0.25) is 12.2 Å². The zero-order chi connectivity index (χ0) is 42.4. The molecule has 0 aromatic heterocycles. The van der Waals surface area contributed by atoms with Gasteiger partial charge in [-0.3, -0.25) is 19.7 Å². The maximum absolute atomic E-state index is 13.5. The summed E-state index contributed by atoms with van der Waals surface area (Å²) in [5.41, 5.74) is 6.59. The van der Waals surface area contributed by atoms with Crippen molar-refractivity contribution in [3.8, 4) is 17.6 Å². The largest absolute Gasteiger partial charge is 0.481 e. The highest BCUT2D eigenvalue weighted by Crippen LogP contribution is 2.28. The van der Waals surface area contributed by atoms with Gasteiger partial charge in [-0.25, -0.2) is 9.59 Å². The SMILES string of the molecule is CC(C)(C[C@@H](N)Cc1ccc(NC(=O)OCc2ccc(OC3OC(C(=O)O)C(O)C(O)C3O)c(C(=O)NCCNC(=O)COC3C#CCCCCC3)c2)cc1)C(=O)O. The van der Waals surface area contributed by atoms with E-state index in [1.54, 1.807) is 38.1 Å².